The molecule has 15 heteroatoms. The van der Waals surface area contributed by atoms with E-state index in [0.717, 1.165) is 0 Å². The molecule has 0 fully saturated rings. The monoisotopic (exact) mass is 520 g/mol. The number of nitro groups is 1. The second-order valence-electron chi connectivity index (χ2n) is 7.82. The summed E-state index contributed by atoms with van der Waals surface area (Å²) in [6, 6.07) is 5.80. The van der Waals surface area contributed by atoms with Gasteiger partial charge in [-0.2, -0.15) is 0 Å². The van der Waals surface area contributed by atoms with Gasteiger partial charge < -0.3 is 26.4 Å². The van der Waals surface area contributed by atoms with E-state index in [1.54, 1.807) is 29.7 Å². The van der Waals surface area contributed by atoms with Gasteiger partial charge in [-0.3, -0.25) is 9.59 Å². The van der Waals surface area contributed by atoms with Crippen molar-refractivity contribution in [1.82, 2.24) is 16.1 Å². The normalized spacial score (nSPS) is 12.8. The molecule has 12 nitrogen and oxygen atoms in total. The van der Waals surface area contributed by atoms with Crippen molar-refractivity contribution in [3.8, 4) is 0 Å². The Hall–Kier alpha value is -2.61. The Labute approximate surface area is 209 Å². The van der Waals surface area contributed by atoms with Gasteiger partial charge in [0.25, 0.3) is 5.96 Å². The summed E-state index contributed by atoms with van der Waals surface area (Å²) >= 11 is 6.09. The second-order valence-corrected chi connectivity index (χ2v) is 8.23. The number of carbonyl (C=O) groups excluding carboxylic acids is 2. The molecular weight excluding hydrogens is 490 g/mol. The van der Waals surface area contributed by atoms with E-state index in [2.05, 4.69) is 15.6 Å². The fourth-order valence-corrected chi connectivity index (χ4v) is 3.20. The van der Waals surface area contributed by atoms with Crippen molar-refractivity contribution in [3.05, 3.63) is 45.0 Å². The Kier molecular flexibility index (Phi) is 14.9. The highest BCUT2D eigenvalue weighted by atomic mass is 35.5. The number of aliphatic imine (C=N–C) groups is 1. The average molecular weight is 521 g/mol. The number of carbonyl (C=O) groups is 2. The predicted molar refractivity (Wildman–Crippen MR) is 132 cm³/mol. The predicted octanol–water partition coefficient (Wildman–Crippen LogP) is 0.208. The quantitative estimate of drug-likeness (QED) is 0.0530. The van der Waals surface area contributed by atoms with Gasteiger partial charge in [-0.05, 0) is 36.8 Å². The zero-order chi connectivity index (χ0) is 25.0. The van der Waals surface area contributed by atoms with E-state index in [0.29, 0.717) is 17.0 Å². The highest BCUT2D eigenvalue weighted by Crippen LogP contribution is 2.15. The first-order valence-corrected chi connectivity index (χ1v) is 10.8. The Morgan fingerprint density at radius 3 is 2.47 bits per heavy atom. The molecule has 0 saturated carbocycles. The fraction of sp³-hybridized carbons (Fsp3) is 0.526. The molecule has 0 aliphatic carbocycles. The lowest BCUT2D eigenvalue weighted by atomic mass is 9.75. The van der Waals surface area contributed by atoms with Crippen molar-refractivity contribution in [2.75, 3.05) is 6.54 Å². The van der Waals surface area contributed by atoms with Crippen molar-refractivity contribution < 1.29 is 24.7 Å². The first-order chi connectivity index (χ1) is 15.5. The summed E-state index contributed by atoms with van der Waals surface area (Å²) in [5.74, 6) is -2.27. The molecule has 34 heavy (non-hydrogen) atoms. The minimum Gasteiger partial charge on any atom is -0.426 e. The van der Waals surface area contributed by atoms with Crippen LogP contribution >= 0.6 is 24.0 Å². The number of nitrogens with zero attached hydrogens (tertiary/aromatic N) is 2. The molecule has 0 aromatic heterocycles. The van der Waals surface area contributed by atoms with Crippen LogP contribution in [-0.2, 0) is 16.0 Å². The molecule has 1 aromatic carbocycles. The minimum absolute atomic E-state index is 0. The third kappa shape index (κ3) is 12.6. The highest BCUT2D eigenvalue weighted by molar-refractivity contribution is 6.43. The van der Waals surface area contributed by atoms with Crippen LogP contribution in [-0.4, -0.2) is 58.5 Å². The maximum atomic E-state index is 12.8. The zero-order valence-corrected chi connectivity index (χ0v) is 20.5. The Balaban J connectivity index is 0.0000109. The summed E-state index contributed by atoms with van der Waals surface area (Å²) in [6.45, 7) is 3.80. The molecule has 0 aliphatic rings. The molecular formula is C19H31BCl2N6O6. The summed E-state index contributed by atoms with van der Waals surface area (Å²) < 4.78 is 0. The standard InChI is InChI=1S/C19H30BClN6O6.ClH/c1-12(2)10-16(20(30)31)25-18(29)15(8-5-9-23-19(22)26-27(32)33)24-17(28)11-13-6-3-4-7-14(13)21;/h3-4,6-7,12,15-16,30-31H,5,8-11H2,1-2H3,(H,24,28)(H,25,29)(H3,22,23,26);1H/t15-,16-;/m0./s1. The van der Waals surface area contributed by atoms with Gasteiger partial charge >= 0.3 is 7.12 Å². The maximum absolute atomic E-state index is 12.8. The van der Waals surface area contributed by atoms with Crippen LogP contribution in [0.15, 0.2) is 29.3 Å². The van der Waals surface area contributed by atoms with Crippen LogP contribution in [0.3, 0.4) is 0 Å². The summed E-state index contributed by atoms with van der Waals surface area (Å²) in [5, 5.41) is 34.3. The van der Waals surface area contributed by atoms with Crippen molar-refractivity contribution in [2.45, 2.75) is 51.5 Å². The maximum Gasteiger partial charge on any atom is 0.475 e. The number of rotatable bonds is 13. The number of hydrazine groups is 1. The second kappa shape index (κ2) is 16.1. The van der Waals surface area contributed by atoms with E-state index in [4.69, 9.17) is 17.3 Å². The zero-order valence-electron chi connectivity index (χ0n) is 18.9. The van der Waals surface area contributed by atoms with Gasteiger partial charge in [-0.25, -0.2) is 15.1 Å². The van der Waals surface area contributed by atoms with Gasteiger partial charge in [0.15, 0.2) is 5.03 Å². The molecule has 2 atom stereocenters. The molecule has 2 amide bonds. The number of nitrogens with one attached hydrogen (secondary N) is 3. The van der Waals surface area contributed by atoms with Crippen LogP contribution in [0.25, 0.3) is 0 Å². The highest BCUT2D eigenvalue weighted by Gasteiger charge is 2.29. The molecule has 7 N–H and O–H groups in total. The Morgan fingerprint density at radius 1 is 1.26 bits per heavy atom. The summed E-state index contributed by atoms with van der Waals surface area (Å²) in [4.78, 5) is 39.5. The first-order valence-electron chi connectivity index (χ1n) is 10.4. The van der Waals surface area contributed by atoms with E-state index in [9.17, 15) is 29.8 Å². The number of halogens is 2. The molecule has 0 unspecified atom stereocenters. The van der Waals surface area contributed by atoms with E-state index >= 15 is 0 Å². The lowest BCUT2D eigenvalue weighted by Gasteiger charge is -2.24. The van der Waals surface area contributed by atoms with Gasteiger partial charge in [0, 0.05) is 11.6 Å². The van der Waals surface area contributed by atoms with Gasteiger partial charge in [-0.15, -0.1) is 12.4 Å². The van der Waals surface area contributed by atoms with E-state index in [1.807, 2.05) is 13.8 Å². The van der Waals surface area contributed by atoms with Gasteiger partial charge in [0.05, 0.1) is 12.4 Å². The summed E-state index contributed by atoms with van der Waals surface area (Å²) in [7, 11) is -1.77. The smallest absolute Gasteiger partial charge is 0.426 e. The topological polar surface area (TPSA) is 192 Å². The number of hydrogen-bond donors (Lipinski definition) is 6. The summed E-state index contributed by atoms with van der Waals surface area (Å²) in [5.41, 5.74) is 7.65. The van der Waals surface area contributed by atoms with E-state index < -0.39 is 35.9 Å². The third-order valence-electron chi connectivity index (χ3n) is 4.51. The lowest BCUT2D eigenvalue weighted by Crippen LogP contribution is -2.54. The third-order valence-corrected chi connectivity index (χ3v) is 4.88. The number of guanidine groups is 1. The van der Waals surface area contributed by atoms with Crippen LogP contribution in [0.1, 0.15) is 38.7 Å². The van der Waals surface area contributed by atoms with E-state index in [-0.39, 0.29) is 50.1 Å². The van der Waals surface area contributed by atoms with Crippen molar-refractivity contribution in [2.24, 2.45) is 16.6 Å². The number of amides is 2. The first kappa shape index (κ1) is 31.4. The van der Waals surface area contributed by atoms with Gasteiger partial charge in [0.1, 0.15) is 6.04 Å². The van der Waals surface area contributed by atoms with Crippen LogP contribution in [0, 0.1) is 16.0 Å². The molecule has 1 rings (SSSR count). The van der Waals surface area contributed by atoms with Crippen LogP contribution in [0.2, 0.25) is 5.02 Å². The number of hydrogen-bond acceptors (Lipinski definition) is 7. The van der Waals surface area contributed by atoms with Crippen molar-refractivity contribution in [3.63, 3.8) is 0 Å². The SMILES string of the molecule is CC(C)C[C@H](NC(=O)[C@H](CCCN=C(N)N[N+](=O)[O-])NC(=O)Cc1ccccc1Cl)B(O)O.Cl. The van der Waals surface area contributed by atoms with Crippen LogP contribution in [0.5, 0.6) is 0 Å². The van der Waals surface area contributed by atoms with Crippen molar-refractivity contribution >= 4 is 48.9 Å². The molecule has 0 saturated heterocycles. The number of benzene rings is 1. The molecule has 190 valence electrons. The Morgan fingerprint density at radius 2 is 1.91 bits per heavy atom. The van der Waals surface area contributed by atoms with Gasteiger partial charge in [0.2, 0.25) is 11.8 Å². The molecule has 0 aliphatic heterocycles. The van der Waals surface area contributed by atoms with Crippen LogP contribution in [0.4, 0.5) is 0 Å². The average Bonchev–Trinajstić information content (AvgIpc) is 2.70. The number of nitrogens with two attached hydrogens (primary N) is 1. The lowest BCUT2D eigenvalue weighted by molar-refractivity contribution is -0.525. The largest absolute Gasteiger partial charge is 0.475 e. The molecule has 1 aromatic rings. The molecule has 0 bridgehead atoms. The Bertz CT molecular complexity index is 845. The van der Waals surface area contributed by atoms with Gasteiger partial charge in [-0.1, -0.05) is 49.1 Å². The summed E-state index contributed by atoms with van der Waals surface area (Å²) in [6.07, 6.45) is 0.656. The molecule has 0 spiro atoms. The van der Waals surface area contributed by atoms with E-state index in [1.165, 1.54) is 0 Å². The minimum atomic E-state index is -1.77. The van der Waals surface area contributed by atoms with Crippen LogP contribution < -0.4 is 21.8 Å². The van der Waals surface area contributed by atoms with Crippen molar-refractivity contribution in [1.29, 1.82) is 0 Å². The fourth-order valence-electron chi connectivity index (χ4n) is 3.00. The molecule has 0 heterocycles. The molecule has 0 radical (unpaired) electrons.